The van der Waals surface area contributed by atoms with Crippen LogP contribution in [0.2, 0.25) is 0 Å². The number of rotatable bonds is 7. The highest BCUT2D eigenvalue weighted by Gasteiger charge is 2.22. The summed E-state index contributed by atoms with van der Waals surface area (Å²) in [6.07, 6.45) is 0. The topological polar surface area (TPSA) is 21.3 Å². The first-order valence-corrected chi connectivity index (χ1v) is 20.8. The maximum atomic E-state index is 6.35. The third-order valence-corrected chi connectivity index (χ3v) is 12.2. The molecule has 0 aliphatic rings. The van der Waals surface area contributed by atoms with E-state index in [1.54, 1.807) is 0 Å². The van der Waals surface area contributed by atoms with Crippen molar-refractivity contribution in [3.8, 4) is 39.1 Å². The third kappa shape index (κ3) is 5.74. The van der Waals surface area contributed by atoms with Crippen LogP contribution >= 0.6 is 0 Å². The van der Waals surface area contributed by atoms with Gasteiger partial charge in [-0.25, -0.2) is 0 Å². The number of hydrogen-bond donors (Lipinski definition) is 0. The molecule has 2 heterocycles. The second-order valence-corrected chi connectivity index (χ2v) is 15.6. The Morgan fingerprint density at radius 2 is 0.885 bits per heavy atom. The number of fused-ring (bicyclic) bond motifs is 7. The highest BCUT2D eigenvalue weighted by Crippen LogP contribution is 2.45. The first-order valence-electron chi connectivity index (χ1n) is 20.8. The smallest absolute Gasteiger partial charge is 0.136 e. The number of anilines is 3. The van der Waals surface area contributed by atoms with Gasteiger partial charge in [-0.3, -0.25) is 0 Å². The second kappa shape index (κ2) is 14.3. The molecule has 0 saturated carbocycles. The third-order valence-electron chi connectivity index (χ3n) is 12.2. The van der Waals surface area contributed by atoms with E-state index in [-0.39, 0.29) is 0 Å². The van der Waals surface area contributed by atoms with E-state index in [2.05, 4.69) is 228 Å². The SMILES string of the molecule is c1ccc(-c2cccc3cccc(-c4ccc(N(c5cccc(-c6cccc7oc8ccccc8c67)c5)c5ccccc5-n5c6ccccc6c6ccccc65)cc4)c23)cc1. The van der Waals surface area contributed by atoms with Crippen molar-refractivity contribution in [1.82, 2.24) is 4.57 Å². The molecular formula is C58H38N2O. The Morgan fingerprint density at radius 1 is 0.344 bits per heavy atom. The van der Waals surface area contributed by atoms with Crippen LogP contribution in [-0.4, -0.2) is 4.57 Å². The normalized spacial score (nSPS) is 11.6. The number of nitrogens with zero attached hydrogens (tertiary/aromatic N) is 2. The van der Waals surface area contributed by atoms with E-state index < -0.39 is 0 Å². The van der Waals surface area contributed by atoms with Crippen LogP contribution in [0.15, 0.2) is 235 Å². The maximum absolute atomic E-state index is 6.35. The van der Waals surface area contributed by atoms with Gasteiger partial charge >= 0.3 is 0 Å². The van der Waals surface area contributed by atoms with Gasteiger partial charge < -0.3 is 13.9 Å². The van der Waals surface area contributed by atoms with Gasteiger partial charge in [0.15, 0.2) is 0 Å². The highest BCUT2D eigenvalue weighted by atomic mass is 16.3. The molecule has 10 aromatic carbocycles. The molecule has 12 aromatic rings. The fourth-order valence-electron chi connectivity index (χ4n) is 9.51. The Hall–Kier alpha value is -8.14. The molecule has 12 rings (SSSR count). The van der Waals surface area contributed by atoms with Crippen LogP contribution in [0.1, 0.15) is 0 Å². The van der Waals surface area contributed by atoms with Gasteiger partial charge in [0, 0.05) is 32.9 Å². The summed E-state index contributed by atoms with van der Waals surface area (Å²) in [6.45, 7) is 0. The minimum atomic E-state index is 0.886. The predicted molar refractivity (Wildman–Crippen MR) is 257 cm³/mol. The monoisotopic (exact) mass is 778 g/mol. The fourth-order valence-corrected chi connectivity index (χ4v) is 9.51. The van der Waals surface area contributed by atoms with Crippen LogP contribution in [-0.2, 0) is 0 Å². The average Bonchev–Trinajstić information content (AvgIpc) is 3.88. The molecule has 0 atom stereocenters. The lowest BCUT2D eigenvalue weighted by molar-refractivity contribution is 0.669. The summed E-state index contributed by atoms with van der Waals surface area (Å²) >= 11 is 0. The standard InChI is InChI=1S/C58H38N2O/c1-2-16-39(17-3-1)45-25-13-18-41-19-14-26-46(57(41)45)40-34-36-43(37-35-40)59(44-21-12-20-42(38-44)47-27-15-33-56-58(47)50-24-6-11-32-55(50)61-56)53-30-9-10-31-54(53)60-51-28-7-4-22-48(51)49-23-5-8-29-52(49)60/h1-38H. The van der Waals surface area contributed by atoms with Crippen LogP contribution in [0.4, 0.5) is 17.1 Å². The molecule has 61 heavy (non-hydrogen) atoms. The van der Waals surface area contributed by atoms with E-state index in [1.165, 1.54) is 54.8 Å². The Bertz CT molecular complexity index is 3540. The zero-order valence-electron chi connectivity index (χ0n) is 33.2. The van der Waals surface area contributed by atoms with Gasteiger partial charge in [-0.05, 0) is 105 Å². The molecule has 0 amide bonds. The molecule has 0 unspecified atom stereocenters. The number of benzene rings is 10. The molecule has 0 bridgehead atoms. The molecule has 0 radical (unpaired) electrons. The molecule has 3 heteroatoms. The van der Waals surface area contributed by atoms with Crippen LogP contribution in [0.3, 0.4) is 0 Å². The average molecular weight is 779 g/mol. The summed E-state index contributed by atoms with van der Waals surface area (Å²) in [6, 6.07) is 83.0. The Balaban J connectivity index is 1.07. The lowest BCUT2D eigenvalue weighted by Gasteiger charge is -2.29. The summed E-state index contributed by atoms with van der Waals surface area (Å²) in [5.41, 5.74) is 15.5. The summed E-state index contributed by atoms with van der Waals surface area (Å²) < 4.78 is 8.77. The number of furan rings is 1. The van der Waals surface area contributed by atoms with Gasteiger partial charge in [-0.15, -0.1) is 0 Å². The lowest BCUT2D eigenvalue weighted by atomic mass is 9.91. The van der Waals surface area contributed by atoms with Crippen LogP contribution in [0.5, 0.6) is 0 Å². The molecule has 0 aliphatic heterocycles. The maximum Gasteiger partial charge on any atom is 0.136 e. The van der Waals surface area contributed by atoms with Gasteiger partial charge in [-0.2, -0.15) is 0 Å². The van der Waals surface area contributed by atoms with Crippen molar-refractivity contribution >= 4 is 71.6 Å². The van der Waals surface area contributed by atoms with Gasteiger partial charge in [0.1, 0.15) is 11.2 Å². The van der Waals surface area contributed by atoms with Crippen molar-refractivity contribution in [3.63, 3.8) is 0 Å². The van der Waals surface area contributed by atoms with E-state index >= 15 is 0 Å². The Labute approximate surface area is 353 Å². The van der Waals surface area contributed by atoms with Gasteiger partial charge in [-0.1, -0.05) is 170 Å². The van der Waals surface area contributed by atoms with Crippen molar-refractivity contribution in [2.45, 2.75) is 0 Å². The lowest BCUT2D eigenvalue weighted by Crippen LogP contribution is -2.13. The number of hydrogen-bond acceptors (Lipinski definition) is 2. The van der Waals surface area contributed by atoms with E-state index in [1.807, 2.05) is 12.1 Å². The first kappa shape index (κ1) is 34.9. The highest BCUT2D eigenvalue weighted by molar-refractivity contribution is 6.13. The summed E-state index contributed by atoms with van der Waals surface area (Å²) in [5, 5.41) is 7.19. The van der Waals surface area contributed by atoms with Gasteiger partial charge in [0.05, 0.1) is 22.4 Å². The quantitative estimate of drug-likeness (QED) is 0.161. The number of aromatic nitrogens is 1. The molecule has 0 saturated heterocycles. The zero-order chi connectivity index (χ0) is 40.3. The Morgan fingerprint density at radius 3 is 1.62 bits per heavy atom. The van der Waals surface area contributed by atoms with Gasteiger partial charge in [0.2, 0.25) is 0 Å². The van der Waals surface area contributed by atoms with Crippen molar-refractivity contribution in [2.24, 2.45) is 0 Å². The molecule has 286 valence electrons. The minimum absolute atomic E-state index is 0.886. The van der Waals surface area contributed by atoms with Crippen molar-refractivity contribution in [2.75, 3.05) is 4.90 Å². The van der Waals surface area contributed by atoms with E-state index in [0.717, 1.165) is 55.8 Å². The number of para-hydroxylation sites is 5. The van der Waals surface area contributed by atoms with Crippen LogP contribution in [0, 0.1) is 0 Å². The van der Waals surface area contributed by atoms with Crippen molar-refractivity contribution in [1.29, 1.82) is 0 Å². The molecular weight excluding hydrogens is 741 g/mol. The predicted octanol–water partition coefficient (Wildman–Crippen LogP) is 16.3. The molecule has 2 aromatic heterocycles. The molecule has 3 nitrogen and oxygen atoms in total. The molecule has 0 spiro atoms. The molecule has 0 N–H and O–H groups in total. The van der Waals surface area contributed by atoms with E-state index in [0.29, 0.717) is 0 Å². The minimum Gasteiger partial charge on any atom is -0.456 e. The summed E-state index contributed by atoms with van der Waals surface area (Å²) in [7, 11) is 0. The van der Waals surface area contributed by atoms with E-state index in [4.69, 9.17) is 4.42 Å². The fraction of sp³-hybridized carbons (Fsp3) is 0. The van der Waals surface area contributed by atoms with Crippen LogP contribution < -0.4 is 4.90 Å². The largest absolute Gasteiger partial charge is 0.456 e. The zero-order valence-corrected chi connectivity index (χ0v) is 33.2. The van der Waals surface area contributed by atoms with Gasteiger partial charge in [0.25, 0.3) is 0 Å². The summed E-state index contributed by atoms with van der Waals surface area (Å²) in [5.74, 6) is 0. The first-order chi connectivity index (χ1) is 30.3. The van der Waals surface area contributed by atoms with Crippen molar-refractivity contribution < 1.29 is 4.42 Å². The Kier molecular flexibility index (Phi) is 8.17. The summed E-state index contributed by atoms with van der Waals surface area (Å²) in [4.78, 5) is 2.41. The van der Waals surface area contributed by atoms with Crippen molar-refractivity contribution in [3.05, 3.63) is 231 Å². The van der Waals surface area contributed by atoms with E-state index in [9.17, 15) is 0 Å². The second-order valence-electron chi connectivity index (χ2n) is 15.6. The molecule has 0 fully saturated rings. The molecule has 0 aliphatic carbocycles. The van der Waals surface area contributed by atoms with Crippen LogP contribution in [0.25, 0.3) is 93.6 Å².